The summed E-state index contributed by atoms with van der Waals surface area (Å²) in [5.41, 5.74) is 3.40. The Balaban J connectivity index is 1.29. The summed E-state index contributed by atoms with van der Waals surface area (Å²) in [5, 5.41) is 9.88. The largest absolute Gasteiger partial charge is 0.491 e. The molecule has 0 aliphatic carbocycles. The number of fused-ring (bicyclic) bond motifs is 1. The molecule has 0 saturated carbocycles. The van der Waals surface area contributed by atoms with Crippen molar-refractivity contribution >= 4 is 51.9 Å². The van der Waals surface area contributed by atoms with Gasteiger partial charge in [-0.1, -0.05) is 67.2 Å². The minimum Gasteiger partial charge on any atom is -0.491 e. The van der Waals surface area contributed by atoms with Crippen LogP contribution in [0.3, 0.4) is 0 Å². The van der Waals surface area contributed by atoms with Gasteiger partial charge in [0, 0.05) is 17.6 Å². The standard InChI is InChI=1S/C27H25N5O2S2/c1-2-20-11-6-7-13-23(20)34-16-15-31-14-8-12-21(31)17-22-24(28)32-26(29-25(22)33)36-30-27(32)35-18-19-9-4-3-5-10-19/h3-14,17,28H,2,15-16,18H2,1H3/b22-17-,28-24?. The van der Waals surface area contributed by atoms with E-state index in [4.69, 9.17) is 10.1 Å². The maximum absolute atomic E-state index is 12.8. The minimum absolute atomic E-state index is 0.0928. The van der Waals surface area contributed by atoms with Gasteiger partial charge in [0.05, 0.1) is 24.1 Å². The molecule has 9 heteroatoms. The van der Waals surface area contributed by atoms with Gasteiger partial charge in [0.1, 0.15) is 18.2 Å². The van der Waals surface area contributed by atoms with Crippen molar-refractivity contribution in [2.24, 2.45) is 9.39 Å². The van der Waals surface area contributed by atoms with E-state index in [0.29, 0.717) is 29.2 Å². The molecule has 1 amide bonds. The van der Waals surface area contributed by atoms with Gasteiger partial charge in [-0.25, -0.2) is 4.90 Å². The second-order valence-corrected chi connectivity index (χ2v) is 9.79. The zero-order chi connectivity index (χ0) is 24.9. The van der Waals surface area contributed by atoms with E-state index in [9.17, 15) is 4.79 Å². The normalized spacial score (nSPS) is 16.2. The predicted octanol–water partition coefficient (Wildman–Crippen LogP) is 5.64. The monoisotopic (exact) mass is 515 g/mol. The molecule has 182 valence electrons. The highest BCUT2D eigenvalue weighted by molar-refractivity contribution is 8.18. The van der Waals surface area contributed by atoms with Gasteiger partial charge in [-0.2, -0.15) is 9.39 Å². The molecule has 2 aromatic carbocycles. The van der Waals surface area contributed by atoms with Gasteiger partial charge in [0.25, 0.3) is 5.91 Å². The average Bonchev–Trinajstić information content (AvgIpc) is 3.52. The first-order valence-corrected chi connectivity index (χ1v) is 13.4. The Bertz CT molecular complexity index is 1380. The highest BCUT2D eigenvalue weighted by atomic mass is 32.2. The van der Waals surface area contributed by atoms with Crippen LogP contribution in [-0.2, 0) is 23.5 Å². The number of hydrogen-bond acceptors (Lipinski definition) is 6. The molecule has 36 heavy (non-hydrogen) atoms. The lowest BCUT2D eigenvalue weighted by Gasteiger charge is -2.24. The van der Waals surface area contributed by atoms with Gasteiger partial charge < -0.3 is 9.30 Å². The number of rotatable bonds is 8. The van der Waals surface area contributed by atoms with Crippen LogP contribution < -0.4 is 4.74 Å². The molecule has 1 N–H and O–H groups in total. The molecule has 0 atom stereocenters. The smallest absolute Gasteiger partial charge is 0.283 e. The highest BCUT2D eigenvalue weighted by Crippen LogP contribution is 2.33. The molecular formula is C27H25N5O2S2. The van der Waals surface area contributed by atoms with E-state index in [1.54, 1.807) is 11.0 Å². The molecule has 1 aromatic heterocycles. The quantitative estimate of drug-likeness (QED) is 0.310. The minimum atomic E-state index is -0.427. The molecule has 2 aliphatic heterocycles. The van der Waals surface area contributed by atoms with E-state index < -0.39 is 5.91 Å². The van der Waals surface area contributed by atoms with Gasteiger partial charge in [0.2, 0.25) is 5.17 Å². The summed E-state index contributed by atoms with van der Waals surface area (Å²) in [4.78, 5) is 18.7. The predicted molar refractivity (Wildman–Crippen MR) is 148 cm³/mol. The van der Waals surface area contributed by atoms with Crippen LogP contribution >= 0.6 is 23.7 Å². The molecule has 7 nitrogen and oxygen atoms in total. The van der Waals surface area contributed by atoms with Gasteiger partial charge in [-0.3, -0.25) is 10.2 Å². The summed E-state index contributed by atoms with van der Waals surface area (Å²) in [5.74, 6) is 1.28. The van der Waals surface area contributed by atoms with Crippen LogP contribution in [0.2, 0.25) is 0 Å². The van der Waals surface area contributed by atoms with Crippen LogP contribution in [0.1, 0.15) is 23.7 Å². The number of para-hydroxylation sites is 1. The molecule has 0 saturated heterocycles. The van der Waals surface area contributed by atoms with E-state index in [1.807, 2.05) is 59.3 Å². The third-order valence-electron chi connectivity index (χ3n) is 5.81. The molecule has 3 aromatic rings. The average molecular weight is 516 g/mol. The van der Waals surface area contributed by atoms with Crippen molar-refractivity contribution in [1.82, 2.24) is 9.47 Å². The Morgan fingerprint density at radius 1 is 1.08 bits per heavy atom. The molecular weight excluding hydrogens is 490 g/mol. The summed E-state index contributed by atoms with van der Waals surface area (Å²) in [6.07, 6.45) is 4.59. The maximum Gasteiger partial charge on any atom is 0.283 e. The lowest BCUT2D eigenvalue weighted by atomic mass is 10.1. The van der Waals surface area contributed by atoms with Crippen molar-refractivity contribution in [3.05, 3.63) is 95.3 Å². The van der Waals surface area contributed by atoms with Crippen LogP contribution in [0.4, 0.5) is 0 Å². The molecule has 0 unspecified atom stereocenters. The van der Waals surface area contributed by atoms with E-state index >= 15 is 0 Å². The van der Waals surface area contributed by atoms with Crippen molar-refractivity contribution in [2.75, 3.05) is 6.61 Å². The van der Waals surface area contributed by atoms with E-state index in [1.165, 1.54) is 17.3 Å². The molecule has 0 fully saturated rings. The van der Waals surface area contributed by atoms with Crippen LogP contribution in [0.25, 0.3) is 6.08 Å². The lowest BCUT2D eigenvalue weighted by Crippen LogP contribution is -2.41. The Kier molecular flexibility index (Phi) is 7.39. The van der Waals surface area contributed by atoms with Gasteiger partial charge in [0.15, 0.2) is 5.17 Å². The lowest BCUT2D eigenvalue weighted by molar-refractivity contribution is -0.114. The fourth-order valence-corrected chi connectivity index (χ4v) is 5.72. The Morgan fingerprint density at radius 2 is 1.89 bits per heavy atom. The number of thioether (sulfide) groups is 1. The van der Waals surface area contributed by atoms with Crippen LogP contribution in [0, 0.1) is 5.41 Å². The first kappa shape index (κ1) is 24.1. The number of aryl methyl sites for hydroxylation is 1. The zero-order valence-corrected chi connectivity index (χ0v) is 21.4. The topological polar surface area (TPSA) is 83.0 Å². The number of benzene rings is 2. The van der Waals surface area contributed by atoms with Crippen LogP contribution in [0.5, 0.6) is 5.75 Å². The fourth-order valence-electron chi connectivity index (χ4n) is 3.92. The fraction of sp³-hybridized carbons (Fsp3) is 0.185. The number of carbonyl (C=O) groups is 1. The summed E-state index contributed by atoms with van der Waals surface area (Å²) in [6.45, 7) is 3.21. The number of amides is 1. The number of nitrogens with zero attached hydrogens (tertiary/aromatic N) is 4. The Morgan fingerprint density at radius 3 is 2.72 bits per heavy atom. The molecule has 0 radical (unpaired) electrons. The number of amidine groups is 3. The van der Waals surface area contributed by atoms with E-state index in [-0.39, 0.29) is 11.4 Å². The van der Waals surface area contributed by atoms with Crippen molar-refractivity contribution in [3.8, 4) is 5.75 Å². The van der Waals surface area contributed by atoms with Crippen molar-refractivity contribution in [3.63, 3.8) is 0 Å². The number of carbonyl (C=O) groups excluding carboxylic acids is 1. The third kappa shape index (κ3) is 5.17. The summed E-state index contributed by atoms with van der Waals surface area (Å²) >= 11 is 2.66. The number of aliphatic imine (C=N–C) groups is 1. The molecule has 2 aliphatic rings. The highest BCUT2D eigenvalue weighted by Gasteiger charge is 2.37. The molecule has 5 rings (SSSR count). The molecule has 3 heterocycles. The van der Waals surface area contributed by atoms with Crippen molar-refractivity contribution in [2.45, 2.75) is 25.6 Å². The van der Waals surface area contributed by atoms with Gasteiger partial charge >= 0.3 is 0 Å². The summed E-state index contributed by atoms with van der Waals surface area (Å²) < 4.78 is 12.5. The molecule has 0 bridgehead atoms. The first-order valence-electron chi connectivity index (χ1n) is 11.7. The maximum atomic E-state index is 12.8. The van der Waals surface area contributed by atoms with Crippen LogP contribution in [-0.4, -0.2) is 38.2 Å². The van der Waals surface area contributed by atoms with Gasteiger partial charge in [-0.05, 0) is 41.8 Å². The number of aromatic nitrogens is 1. The zero-order valence-electron chi connectivity index (χ0n) is 19.8. The van der Waals surface area contributed by atoms with Crippen molar-refractivity contribution < 1.29 is 9.53 Å². The van der Waals surface area contributed by atoms with Crippen LogP contribution in [0.15, 0.2) is 87.9 Å². The second kappa shape index (κ2) is 11.0. The summed E-state index contributed by atoms with van der Waals surface area (Å²) in [7, 11) is 0. The third-order valence-corrected chi connectivity index (χ3v) is 7.63. The number of hydrogen-bond donors (Lipinski definition) is 1. The Labute approximate surface area is 218 Å². The van der Waals surface area contributed by atoms with E-state index in [0.717, 1.165) is 35.4 Å². The van der Waals surface area contributed by atoms with Crippen molar-refractivity contribution in [1.29, 1.82) is 5.41 Å². The number of nitrogens with one attached hydrogen (secondary N) is 1. The second-order valence-electron chi connectivity index (χ2n) is 8.12. The van der Waals surface area contributed by atoms with Gasteiger partial charge in [-0.15, -0.1) is 0 Å². The Hall–Kier alpha value is -3.56. The molecule has 0 spiro atoms. The number of ether oxygens (including phenoxy) is 1. The SMILES string of the molecule is CCc1ccccc1OCCn1cccc1/C=C1/C(=N)N2C(SCc3ccccc3)=NSC2=NC1=O. The van der Waals surface area contributed by atoms with E-state index in [2.05, 4.69) is 34.5 Å². The first-order chi connectivity index (χ1) is 17.6. The summed E-state index contributed by atoms with van der Waals surface area (Å²) in [6, 6.07) is 22.0.